The molecule has 0 amide bonds. The van der Waals surface area contributed by atoms with Crippen molar-refractivity contribution in [3.63, 3.8) is 0 Å². The average Bonchev–Trinajstić information content (AvgIpc) is 2.51. The second-order valence-electron chi connectivity index (χ2n) is 4.55. The fraction of sp³-hybridized carbons (Fsp3) is 0.0625. The largest absolute Gasteiger partial charge is 0.508 e. The van der Waals surface area contributed by atoms with E-state index in [-0.39, 0.29) is 17.9 Å². The summed E-state index contributed by atoms with van der Waals surface area (Å²) in [6.07, 6.45) is 0. The van der Waals surface area contributed by atoms with Crippen LogP contribution >= 0.6 is 0 Å². The van der Waals surface area contributed by atoms with Crippen molar-refractivity contribution in [2.45, 2.75) is 6.54 Å². The van der Waals surface area contributed by atoms with Crippen LogP contribution in [0.15, 0.2) is 53.3 Å². The molecule has 0 fully saturated rings. The first-order valence-electron chi connectivity index (χ1n) is 6.36. The smallest absolute Gasteiger partial charge is 0.262 e. The lowest BCUT2D eigenvalue weighted by Gasteiger charge is -2.10. The summed E-state index contributed by atoms with van der Waals surface area (Å²) in [5, 5.41) is 18.8. The molecule has 2 aromatic carbocycles. The topological polar surface area (TPSA) is 78.9 Å². The molecule has 0 aliphatic heterocycles. The minimum absolute atomic E-state index is 0.0765. The highest BCUT2D eigenvalue weighted by Crippen LogP contribution is 2.21. The summed E-state index contributed by atoms with van der Waals surface area (Å²) < 4.78 is 1.34. The minimum Gasteiger partial charge on any atom is -0.508 e. The van der Waals surface area contributed by atoms with Crippen LogP contribution in [0.1, 0.15) is 0 Å². The van der Waals surface area contributed by atoms with Gasteiger partial charge in [0.05, 0.1) is 17.0 Å². The molecule has 102 valence electrons. The Labute approximate surface area is 120 Å². The Hall–Kier alpha value is -3.13. The number of para-hydroxylation sites is 1. The Kier molecular flexibility index (Phi) is 3.13. The molecule has 0 aliphatic carbocycles. The number of nitriles is 1. The number of nitrogens with zero attached hydrogens (tertiary/aromatic N) is 3. The maximum Gasteiger partial charge on any atom is 0.262 e. The zero-order valence-corrected chi connectivity index (χ0v) is 11.0. The Balaban J connectivity index is 2.35. The summed E-state index contributed by atoms with van der Waals surface area (Å²) in [6.45, 7) is -0.0765. The number of rotatable bonds is 2. The molecule has 0 unspecified atom stereocenters. The van der Waals surface area contributed by atoms with Crippen molar-refractivity contribution in [1.29, 1.82) is 5.26 Å². The fourth-order valence-electron chi connectivity index (χ4n) is 2.22. The Morgan fingerprint density at radius 2 is 1.86 bits per heavy atom. The van der Waals surface area contributed by atoms with Gasteiger partial charge in [-0.05, 0) is 36.4 Å². The van der Waals surface area contributed by atoms with Gasteiger partial charge in [-0.15, -0.1) is 0 Å². The molecule has 5 heteroatoms. The van der Waals surface area contributed by atoms with E-state index in [1.807, 2.05) is 12.1 Å². The van der Waals surface area contributed by atoms with Gasteiger partial charge in [0.15, 0.2) is 0 Å². The van der Waals surface area contributed by atoms with E-state index in [1.54, 1.807) is 30.3 Å². The van der Waals surface area contributed by atoms with E-state index in [9.17, 15) is 9.90 Å². The van der Waals surface area contributed by atoms with Crippen LogP contribution in [0.2, 0.25) is 0 Å². The highest BCUT2D eigenvalue weighted by molar-refractivity contribution is 5.79. The normalized spacial score (nSPS) is 10.4. The van der Waals surface area contributed by atoms with E-state index < -0.39 is 0 Å². The molecule has 0 spiro atoms. The van der Waals surface area contributed by atoms with Crippen LogP contribution in [0, 0.1) is 11.3 Å². The molecule has 0 bridgehead atoms. The van der Waals surface area contributed by atoms with E-state index in [4.69, 9.17) is 5.26 Å². The first-order chi connectivity index (χ1) is 10.2. The number of aromatic nitrogens is 2. The Bertz CT molecular complexity index is 905. The van der Waals surface area contributed by atoms with Gasteiger partial charge in [-0.2, -0.15) is 5.26 Å². The summed E-state index contributed by atoms with van der Waals surface area (Å²) in [7, 11) is 0. The average molecular weight is 277 g/mol. The van der Waals surface area contributed by atoms with Gasteiger partial charge >= 0.3 is 0 Å². The van der Waals surface area contributed by atoms with Crippen molar-refractivity contribution in [1.82, 2.24) is 9.55 Å². The quantitative estimate of drug-likeness (QED) is 0.779. The molecular formula is C16H11N3O2. The van der Waals surface area contributed by atoms with Crippen molar-refractivity contribution >= 4 is 10.9 Å². The number of phenolic OH excluding ortho intramolecular Hbond substituents is 1. The summed E-state index contributed by atoms with van der Waals surface area (Å²) in [6, 6.07) is 15.4. The zero-order chi connectivity index (χ0) is 14.8. The number of aromatic hydroxyl groups is 1. The number of benzene rings is 2. The van der Waals surface area contributed by atoms with Gasteiger partial charge in [-0.1, -0.05) is 12.1 Å². The van der Waals surface area contributed by atoms with Crippen LogP contribution in [-0.4, -0.2) is 14.7 Å². The molecule has 1 aromatic heterocycles. The van der Waals surface area contributed by atoms with Gasteiger partial charge in [0.2, 0.25) is 0 Å². The predicted octanol–water partition coefficient (Wildman–Crippen LogP) is 2.29. The predicted molar refractivity (Wildman–Crippen MR) is 78.7 cm³/mol. The molecule has 1 N–H and O–H groups in total. The van der Waals surface area contributed by atoms with Crippen LogP contribution in [0.5, 0.6) is 5.75 Å². The minimum atomic E-state index is -0.245. The van der Waals surface area contributed by atoms with E-state index in [2.05, 4.69) is 4.98 Å². The standard InChI is InChI=1S/C16H11N3O2/c17-9-10-19-15(11-5-7-12(20)8-6-11)18-14-4-2-1-3-13(14)16(19)21/h1-8,20H,10H2. The monoisotopic (exact) mass is 277 g/mol. The number of phenols is 1. The van der Waals surface area contributed by atoms with Crippen LogP contribution in [0.25, 0.3) is 22.3 Å². The Morgan fingerprint density at radius 3 is 2.57 bits per heavy atom. The third kappa shape index (κ3) is 2.23. The number of hydrogen-bond acceptors (Lipinski definition) is 4. The van der Waals surface area contributed by atoms with Gasteiger partial charge in [0, 0.05) is 5.56 Å². The van der Waals surface area contributed by atoms with Crippen LogP contribution in [0.3, 0.4) is 0 Å². The zero-order valence-electron chi connectivity index (χ0n) is 11.0. The van der Waals surface area contributed by atoms with E-state index >= 15 is 0 Å². The van der Waals surface area contributed by atoms with Crippen molar-refractivity contribution < 1.29 is 5.11 Å². The van der Waals surface area contributed by atoms with E-state index in [0.717, 1.165) is 0 Å². The van der Waals surface area contributed by atoms with Crippen molar-refractivity contribution in [3.05, 3.63) is 58.9 Å². The summed E-state index contributed by atoms with van der Waals surface area (Å²) in [5.41, 5.74) is 1.01. The highest BCUT2D eigenvalue weighted by Gasteiger charge is 2.12. The van der Waals surface area contributed by atoms with Crippen molar-refractivity contribution in [2.24, 2.45) is 0 Å². The van der Waals surface area contributed by atoms with Gasteiger partial charge in [-0.3, -0.25) is 9.36 Å². The van der Waals surface area contributed by atoms with E-state index in [0.29, 0.717) is 22.3 Å². The van der Waals surface area contributed by atoms with Gasteiger partial charge in [-0.25, -0.2) is 4.98 Å². The second kappa shape index (κ2) is 5.10. The molecule has 21 heavy (non-hydrogen) atoms. The Morgan fingerprint density at radius 1 is 1.14 bits per heavy atom. The maximum atomic E-state index is 12.5. The van der Waals surface area contributed by atoms with Crippen molar-refractivity contribution in [3.8, 4) is 23.2 Å². The number of hydrogen-bond donors (Lipinski definition) is 1. The molecule has 5 nitrogen and oxygen atoms in total. The molecule has 3 rings (SSSR count). The molecule has 0 saturated heterocycles. The third-order valence-electron chi connectivity index (χ3n) is 3.22. The van der Waals surface area contributed by atoms with Crippen LogP contribution in [-0.2, 0) is 6.54 Å². The number of fused-ring (bicyclic) bond motifs is 1. The molecular weight excluding hydrogens is 266 g/mol. The van der Waals surface area contributed by atoms with Gasteiger partial charge in [0.1, 0.15) is 18.1 Å². The third-order valence-corrected chi connectivity index (χ3v) is 3.22. The molecule has 0 atom stereocenters. The lowest BCUT2D eigenvalue weighted by molar-refractivity contribution is 0.475. The molecule has 0 saturated carbocycles. The van der Waals surface area contributed by atoms with E-state index in [1.165, 1.54) is 16.7 Å². The first kappa shape index (κ1) is 12.9. The summed E-state index contributed by atoms with van der Waals surface area (Å²) in [5.74, 6) is 0.550. The van der Waals surface area contributed by atoms with Crippen molar-refractivity contribution in [2.75, 3.05) is 0 Å². The molecule has 1 heterocycles. The molecule has 0 aliphatic rings. The SMILES string of the molecule is N#CCn1c(-c2ccc(O)cc2)nc2ccccc2c1=O. The highest BCUT2D eigenvalue weighted by atomic mass is 16.3. The van der Waals surface area contributed by atoms with Gasteiger partial charge < -0.3 is 5.11 Å². The summed E-state index contributed by atoms with van der Waals surface area (Å²) >= 11 is 0. The van der Waals surface area contributed by atoms with Crippen LogP contribution < -0.4 is 5.56 Å². The lowest BCUT2D eigenvalue weighted by atomic mass is 10.1. The van der Waals surface area contributed by atoms with Gasteiger partial charge in [0.25, 0.3) is 5.56 Å². The van der Waals surface area contributed by atoms with Crippen LogP contribution in [0.4, 0.5) is 0 Å². The summed E-state index contributed by atoms with van der Waals surface area (Å²) in [4.78, 5) is 17.0. The second-order valence-corrected chi connectivity index (χ2v) is 4.55. The fourth-order valence-corrected chi connectivity index (χ4v) is 2.22. The molecule has 0 radical (unpaired) electrons. The molecule has 3 aromatic rings. The lowest BCUT2D eigenvalue weighted by Crippen LogP contribution is -2.23. The maximum absolute atomic E-state index is 12.5. The first-order valence-corrected chi connectivity index (χ1v) is 6.36.